The van der Waals surface area contributed by atoms with Crippen molar-refractivity contribution in [3.8, 4) is 16.8 Å². The first-order chi connectivity index (χ1) is 29.8. The van der Waals surface area contributed by atoms with Gasteiger partial charge in [0.15, 0.2) is 0 Å². The van der Waals surface area contributed by atoms with Crippen LogP contribution in [0.3, 0.4) is 0 Å². The first-order valence-electron chi connectivity index (χ1n) is 20.7. The van der Waals surface area contributed by atoms with E-state index in [0.29, 0.717) is 0 Å². The quantitative estimate of drug-likeness (QED) is 0.176. The van der Waals surface area contributed by atoms with E-state index in [1.807, 2.05) is 11.8 Å². The van der Waals surface area contributed by atoms with E-state index in [0.717, 1.165) is 22.7 Å². The standard InChI is InChI=1S/C57H36N2S/c1-2-17-39(18-3-1)58(41-31-33-53-46(36-41)43-20-7-11-26-51(43)59(53)40-30-29-37-15-4-5-16-38(37)35-40)52-34-32-44-42-19-6-8-22-47(42)57(50-25-14-21-45(52)56(44)50)48-23-9-12-27-54(48)60-55-28-13-10-24-49(55)57/h1-36H. The molecule has 0 bridgehead atoms. The van der Waals surface area contributed by atoms with Crippen LogP contribution in [0.5, 0.6) is 0 Å². The van der Waals surface area contributed by atoms with Gasteiger partial charge in [-0.1, -0.05) is 163 Å². The van der Waals surface area contributed by atoms with Gasteiger partial charge in [-0.15, -0.1) is 0 Å². The van der Waals surface area contributed by atoms with Crippen LogP contribution in [-0.4, -0.2) is 4.57 Å². The first kappa shape index (κ1) is 33.6. The van der Waals surface area contributed by atoms with Crippen molar-refractivity contribution < 1.29 is 0 Å². The van der Waals surface area contributed by atoms with Crippen LogP contribution in [0.15, 0.2) is 228 Å². The Hall–Kier alpha value is -7.33. The van der Waals surface area contributed by atoms with Gasteiger partial charge in [0.05, 0.1) is 22.1 Å². The van der Waals surface area contributed by atoms with Crippen molar-refractivity contribution in [1.29, 1.82) is 0 Å². The molecule has 1 aliphatic carbocycles. The summed E-state index contributed by atoms with van der Waals surface area (Å²) in [6, 6.07) is 81.2. The molecule has 0 saturated carbocycles. The van der Waals surface area contributed by atoms with Crippen LogP contribution in [0.4, 0.5) is 17.1 Å². The van der Waals surface area contributed by atoms with E-state index >= 15 is 0 Å². The van der Waals surface area contributed by atoms with Gasteiger partial charge < -0.3 is 9.47 Å². The lowest BCUT2D eigenvalue weighted by molar-refractivity contribution is 0.707. The van der Waals surface area contributed by atoms with Crippen molar-refractivity contribution in [2.24, 2.45) is 0 Å². The second-order valence-electron chi connectivity index (χ2n) is 16.0. The minimum Gasteiger partial charge on any atom is -0.310 e. The van der Waals surface area contributed by atoms with Crippen LogP contribution in [0.2, 0.25) is 0 Å². The zero-order chi connectivity index (χ0) is 39.4. The SMILES string of the molecule is c1ccc(N(c2ccc3c(c2)c2ccccc2n3-c2ccc3ccccc3c2)c2ccc3c4c(cccc24)C2(c4ccccc4Sc4ccccc42)c2ccccc2-3)cc1. The minimum atomic E-state index is -0.485. The lowest BCUT2D eigenvalue weighted by Gasteiger charge is -2.46. The van der Waals surface area contributed by atoms with Crippen LogP contribution in [0, 0.1) is 0 Å². The monoisotopic (exact) mass is 780 g/mol. The molecule has 13 rings (SSSR count). The van der Waals surface area contributed by atoms with Crippen LogP contribution in [0.25, 0.3) is 60.2 Å². The Morgan fingerprint density at radius 3 is 1.87 bits per heavy atom. The number of rotatable bonds is 4. The van der Waals surface area contributed by atoms with E-state index < -0.39 is 5.41 Å². The summed E-state index contributed by atoms with van der Waals surface area (Å²) in [5, 5.41) is 7.47. The van der Waals surface area contributed by atoms with Crippen molar-refractivity contribution in [1.82, 2.24) is 4.57 Å². The molecule has 0 atom stereocenters. The Morgan fingerprint density at radius 2 is 1.03 bits per heavy atom. The lowest BCUT2D eigenvalue weighted by atomic mass is 9.59. The maximum atomic E-state index is 2.47. The van der Waals surface area contributed by atoms with Gasteiger partial charge in [-0.05, 0) is 116 Å². The normalized spacial score (nSPS) is 13.4. The summed E-state index contributed by atoms with van der Waals surface area (Å²) in [7, 11) is 0. The molecule has 0 unspecified atom stereocenters. The van der Waals surface area contributed by atoms with E-state index in [9.17, 15) is 0 Å². The fourth-order valence-corrected chi connectivity index (χ4v) is 11.8. The zero-order valence-electron chi connectivity index (χ0n) is 32.6. The fourth-order valence-electron chi connectivity index (χ4n) is 10.6. The number of benzene rings is 10. The Balaban J connectivity index is 1.09. The largest absolute Gasteiger partial charge is 0.310 e. The molecule has 2 heterocycles. The predicted octanol–water partition coefficient (Wildman–Crippen LogP) is 15.4. The van der Waals surface area contributed by atoms with Gasteiger partial charge in [-0.3, -0.25) is 0 Å². The predicted molar refractivity (Wildman–Crippen MR) is 252 cm³/mol. The second kappa shape index (κ2) is 12.8. The summed E-state index contributed by atoms with van der Waals surface area (Å²) >= 11 is 1.89. The van der Waals surface area contributed by atoms with E-state index in [4.69, 9.17) is 0 Å². The Morgan fingerprint density at radius 1 is 0.383 bits per heavy atom. The molecule has 10 aromatic carbocycles. The molecular formula is C57H36N2S. The lowest BCUT2D eigenvalue weighted by Crippen LogP contribution is -2.36. The van der Waals surface area contributed by atoms with Gasteiger partial charge in [-0.25, -0.2) is 0 Å². The number of aromatic nitrogens is 1. The summed E-state index contributed by atoms with van der Waals surface area (Å²) in [5.74, 6) is 0. The number of anilines is 3. The summed E-state index contributed by atoms with van der Waals surface area (Å²) in [6.45, 7) is 0. The number of fused-ring (bicyclic) bond motifs is 12. The maximum Gasteiger partial charge on any atom is 0.0735 e. The van der Waals surface area contributed by atoms with Crippen molar-refractivity contribution in [3.63, 3.8) is 0 Å². The van der Waals surface area contributed by atoms with Crippen molar-refractivity contribution in [2.45, 2.75) is 15.2 Å². The van der Waals surface area contributed by atoms with Gasteiger partial charge in [0.2, 0.25) is 0 Å². The maximum absolute atomic E-state index is 2.47. The molecule has 11 aromatic rings. The van der Waals surface area contributed by atoms with E-state index in [1.54, 1.807) is 0 Å². The van der Waals surface area contributed by atoms with E-state index in [2.05, 4.69) is 228 Å². The molecule has 0 N–H and O–H groups in total. The molecular weight excluding hydrogens is 745 g/mol. The molecule has 0 saturated heterocycles. The zero-order valence-corrected chi connectivity index (χ0v) is 33.4. The molecule has 0 amide bonds. The highest BCUT2D eigenvalue weighted by Crippen LogP contribution is 2.62. The Labute approximate surface area is 352 Å². The molecule has 1 aromatic heterocycles. The van der Waals surface area contributed by atoms with Gasteiger partial charge >= 0.3 is 0 Å². The minimum absolute atomic E-state index is 0.485. The molecule has 1 aliphatic heterocycles. The third-order valence-corrected chi connectivity index (χ3v) is 14.2. The van der Waals surface area contributed by atoms with Crippen LogP contribution in [-0.2, 0) is 5.41 Å². The molecule has 2 aliphatic rings. The second-order valence-corrected chi connectivity index (χ2v) is 17.1. The number of nitrogens with zero attached hydrogens (tertiary/aromatic N) is 2. The van der Waals surface area contributed by atoms with Gasteiger partial charge in [0.1, 0.15) is 0 Å². The van der Waals surface area contributed by atoms with Gasteiger partial charge in [0.25, 0.3) is 0 Å². The molecule has 60 heavy (non-hydrogen) atoms. The average Bonchev–Trinajstić information content (AvgIpc) is 3.64. The van der Waals surface area contributed by atoms with Crippen molar-refractivity contribution >= 4 is 72.2 Å². The Bertz CT molecular complexity index is 3500. The third-order valence-electron chi connectivity index (χ3n) is 13.0. The number of hydrogen-bond acceptors (Lipinski definition) is 2. The first-order valence-corrected chi connectivity index (χ1v) is 21.5. The molecule has 280 valence electrons. The highest BCUT2D eigenvalue weighted by molar-refractivity contribution is 7.99. The third kappa shape index (κ3) is 4.61. The Kier molecular flexibility index (Phi) is 7.19. The fraction of sp³-hybridized carbons (Fsp3) is 0.0175. The molecule has 3 heteroatoms. The summed E-state index contributed by atoms with van der Waals surface area (Å²) in [4.78, 5) is 5.09. The summed E-state index contributed by atoms with van der Waals surface area (Å²) in [6.07, 6.45) is 0. The topological polar surface area (TPSA) is 8.17 Å². The van der Waals surface area contributed by atoms with Crippen molar-refractivity contribution in [3.05, 3.63) is 241 Å². The number of hydrogen-bond donors (Lipinski definition) is 0. The van der Waals surface area contributed by atoms with Gasteiger partial charge in [-0.2, -0.15) is 0 Å². The molecule has 2 nitrogen and oxygen atoms in total. The smallest absolute Gasteiger partial charge is 0.0735 e. The van der Waals surface area contributed by atoms with Crippen LogP contribution < -0.4 is 4.90 Å². The van der Waals surface area contributed by atoms with Gasteiger partial charge in [0, 0.05) is 43.0 Å². The van der Waals surface area contributed by atoms with E-state index in [-0.39, 0.29) is 0 Å². The van der Waals surface area contributed by atoms with Crippen LogP contribution >= 0.6 is 11.8 Å². The summed E-state index contributed by atoms with van der Waals surface area (Å²) in [5.41, 5.74) is 14.4. The number of para-hydroxylation sites is 2. The van der Waals surface area contributed by atoms with E-state index in [1.165, 1.54) is 86.5 Å². The highest BCUT2D eigenvalue weighted by atomic mass is 32.2. The molecule has 0 radical (unpaired) electrons. The van der Waals surface area contributed by atoms with Crippen LogP contribution in [0.1, 0.15) is 22.3 Å². The molecule has 1 spiro atoms. The van der Waals surface area contributed by atoms with Crippen molar-refractivity contribution in [2.75, 3.05) is 4.90 Å². The average molecular weight is 781 g/mol. The molecule has 0 fully saturated rings. The highest BCUT2D eigenvalue weighted by Gasteiger charge is 2.48. The summed E-state index contributed by atoms with van der Waals surface area (Å²) < 4.78 is 2.42.